The number of hydrogen-bond donors (Lipinski definition) is 1. The molecule has 1 saturated heterocycles. The highest BCUT2D eigenvalue weighted by Gasteiger charge is 2.29. The lowest BCUT2D eigenvalue weighted by Gasteiger charge is -2.22. The average molecular weight is 333 g/mol. The van der Waals surface area contributed by atoms with Crippen LogP contribution >= 0.6 is 24.0 Å². The molecule has 2 rings (SSSR count). The number of aryl methyl sites for hydroxylation is 1. The van der Waals surface area contributed by atoms with Gasteiger partial charge < -0.3 is 15.4 Å². The minimum atomic E-state index is -0.493. The third-order valence-electron chi connectivity index (χ3n) is 3.72. The van der Waals surface area contributed by atoms with E-state index >= 15 is 0 Å². The van der Waals surface area contributed by atoms with Crippen LogP contribution in [0.4, 0.5) is 0 Å². The molecular weight excluding hydrogens is 311 g/mol. The summed E-state index contributed by atoms with van der Waals surface area (Å²) in [6, 6.07) is 5.41. The van der Waals surface area contributed by atoms with Gasteiger partial charge in [-0.25, -0.2) is 0 Å². The number of likely N-dealkylation sites (tertiary alicyclic amines) is 1. The Hall–Kier alpha value is -0.970. The van der Waals surface area contributed by atoms with Gasteiger partial charge in [0.05, 0.1) is 0 Å². The molecular formula is C15H22Cl2N2O2. The fraction of sp³-hybridized carbons (Fsp3) is 0.533. The maximum absolute atomic E-state index is 12.3. The Morgan fingerprint density at radius 1 is 1.57 bits per heavy atom. The van der Waals surface area contributed by atoms with Gasteiger partial charge in [0.25, 0.3) is 5.91 Å². The highest BCUT2D eigenvalue weighted by molar-refractivity contribution is 6.31. The maximum atomic E-state index is 12.3. The highest BCUT2D eigenvalue weighted by Crippen LogP contribution is 2.23. The molecule has 6 heteroatoms. The minimum absolute atomic E-state index is 0. The number of hydrogen-bond acceptors (Lipinski definition) is 3. The molecule has 2 N–H and O–H groups in total. The molecule has 0 radical (unpaired) electrons. The lowest BCUT2D eigenvalue weighted by Crippen LogP contribution is -2.39. The van der Waals surface area contributed by atoms with Crippen molar-refractivity contribution < 1.29 is 9.53 Å². The molecule has 1 aliphatic rings. The van der Waals surface area contributed by atoms with Crippen LogP contribution in [0.3, 0.4) is 0 Å². The van der Waals surface area contributed by atoms with Gasteiger partial charge in [-0.1, -0.05) is 11.6 Å². The van der Waals surface area contributed by atoms with E-state index in [0.717, 1.165) is 25.1 Å². The molecule has 1 amide bonds. The maximum Gasteiger partial charge on any atom is 0.263 e. The van der Waals surface area contributed by atoms with Gasteiger partial charge in [-0.15, -0.1) is 12.4 Å². The van der Waals surface area contributed by atoms with E-state index < -0.39 is 6.10 Å². The van der Waals surface area contributed by atoms with Gasteiger partial charge >= 0.3 is 0 Å². The van der Waals surface area contributed by atoms with E-state index in [9.17, 15) is 4.79 Å². The molecule has 4 nitrogen and oxygen atoms in total. The molecule has 0 aliphatic carbocycles. The zero-order valence-electron chi connectivity index (χ0n) is 12.3. The Labute approximate surface area is 137 Å². The zero-order valence-corrected chi connectivity index (χ0v) is 13.9. The van der Waals surface area contributed by atoms with Crippen molar-refractivity contribution >= 4 is 29.9 Å². The smallest absolute Gasteiger partial charge is 0.263 e. The van der Waals surface area contributed by atoms with Crippen molar-refractivity contribution in [1.82, 2.24) is 4.90 Å². The number of amides is 1. The quantitative estimate of drug-likeness (QED) is 0.922. The van der Waals surface area contributed by atoms with E-state index in [1.54, 1.807) is 19.1 Å². The summed E-state index contributed by atoms with van der Waals surface area (Å²) in [5.74, 6) is 1.11. The van der Waals surface area contributed by atoms with Gasteiger partial charge in [0.1, 0.15) is 5.75 Å². The van der Waals surface area contributed by atoms with Gasteiger partial charge in [0.15, 0.2) is 6.10 Å². The molecule has 0 spiro atoms. The second-order valence-electron chi connectivity index (χ2n) is 5.35. The highest BCUT2D eigenvalue weighted by atomic mass is 35.5. The fourth-order valence-corrected chi connectivity index (χ4v) is 2.54. The van der Waals surface area contributed by atoms with Crippen LogP contribution in [0.25, 0.3) is 0 Å². The summed E-state index contributed by atoms with van der Waals surface area (Å²) in [6.07, 6.45) is 0.488. The number of carbonyl (C=O) groups excluding carboxylic acids is 1. The first-order valence-corrected chi connectivity index (χ1v) is 7.30. The van der Waals surface area contributed by atoms with Crippen LogP contribution in [0, 0.1) is 12.8 Å². The Bertz CT molecular complexity index is 497. The van der Waals surface area contributed by atoms with E-state index in [1.165, 1.54) is 0 Å². The summed E-state index contributed by atoms with van der Waals surface area (Å²) in [6.45, 7) is 5.84. The molecule has 118 valence electrons. The standard InChI is InChI=1S/C15H21ClN2O2.ClH/c1-10-7-13(3-4-14(10)16)20-11(2)15(19)18-6-5-12(8-17)9-18;/h3-4,7,11-12H,5-6,8-9,17H2,1-2H3;1H. The van der Waals surface area contributed by atoms with Crippen LogP contribution in [0.15, 0.2) is 18.2 Å². The first-order chi connectivity index (χ1) is 9.51. The van der Waals surface area contributed by atoms with Crippen LogP contribution in [-0.2, 0) is 4.79 Å². The average Bonchev–Trinajstić information content (AvgIpc) is 2.91. The van der Waals surface area contributed by atoms with Crippen molar-refractivity contribution in [2.45, 2.75) is 26.4 Å². The van der Waals surface area contributed by atoms with Crippen molar-refractivity contribution in [2.75, 3.05) is 19.6 Å². The van der Waals surface area contributed by atoms with Crippen molar-refractivity contribution in [3.63, 3.8) is 0 Å². The molecule has 1 aromatic rings. The van der Waals surface area contributed by atoms with Crippen molar-refractivity contribution in [3.05, 3.63) is 28.8 Å². The van der Waals surface area contributed by atoms with Gasteiger partial charge in [0.2, 0.25) is 0 Å². The van der Waals surface area contributed by atoms with Crippen LogP contribution in [0.2, 0.25) is 5.02 Å². The van der Waals surface area contributed by atoms with Gasteiger partial charge in [-0.3, -0.25) is 4.79 Å². The Morgan fingerprint density at radius 2 is 2.29 bits per heavy atom. The van der Waals surface area contributed by atoms with E-state index in [0.29, 0.717) is 23.2 Å². The molecule has 1 heterocycles. The third-order valence-corrected chi connectivity index (χ3v) is 4.14. The Morgan fingerprint density at radius 3 is 2.86 bits per heavy atom. The van der Waals surface area contributed by atoms with Crippen molar-refractivity contribution in [1.29, 1.82) is 0 Å². The minimum Gasteiger partial charge on any atom is -0.481 e. The number of rotatable bonds is 4. The fourth-order valence-electron chi connectivity index (χ4n) is 2.43. The normalized spacial score (nSPS) is 19.0. The molecule has 0 saturated carbocycles. The summed E-state index contributed by atoms with van der Waals surface area (Å²) in [5, 5.41) is 0.696. The number of carbonyl (C=O) groups is 1. The predicted octanol–water partition coefficient (Wildman–Crippen LogP) is 2.64. The predicted molar refractivity (Wildman–Crippen MR) is 87.3 cm³/mol. The second-order valence-corrected chi connectivity index (χ2v) is 5.75. The molecule has 2 unspecified atom stereocenters. The molecule has 0 bridgehead atoms. The Balaban J connectivity index is 0.00000220. The zero-order chi connectivity index (χ0) is 14.7. The van der Waals surface area contributed by atoms with Gasteiger partial charge in [-0.2, -0.15) is 0 Å². The number of benzene rings is 1. The molecule has 1 aromatic carbocycles. The van der Waals surface area contributed by atoms with Crippen molar-refractivity contribution in [2.24, 2.45) is 11.7 Å². The van der Waals surface area contributed by atoms with Crippen molar-refractivity contribution in [3.8, 4) is 5.75 Å². The topological polar surface area (TPSA) is 55.6 Å². The lowest BCUT2D eigenvalue weighted by atomic mass is 10.1. The molecule has 1 fully saturated rings. The van der Waals surface area contributed by atoms with Gasteiger partial charge in [-0.05, 0) is 56.5 Å². The number of nitrogens with zero attached hydrogens (tertiary/aromatic N) is 1. The molecule has 0 aromatic heterocycles. The molecule has 21 heavy (non-hydrogen) atoms. The van der Waals surface area contributed by atoms with E-state index in [2.05, 4.69) is 0 Å². The number of ether oxygens (including phenoxy) is 1. The molecule has 1 aliphatic heterocycles. The summed E-state index contributed by atoms with van der Waals surface area (Å²) in [4.78, 5) is 14.1. The summed E-state index contributed by atoms with van der Waals surface area (Å²) < 4.78 is 5.71. The summed E-state index contributed by atoms with van der Waals surface area (Å²) in [5.41, 5.74) is 6.58. The third kappa shape index (κ3) is 4.50. The number of halogens is 2. The monoisotopic (exact) mass is 332 g/mol. The van der Waals surface area contributed by atoms with Crippen LogP contribution in [-0.4, -0.2) is 36.5 Å². The largest absolute Gasteiger partial charge is 0.481 e. The lowest BCUT2D eigenvalue weighted by molar-refractivity contribution is -0.136. The van der Waals surface area contributed by atoms with E-state index in [4.69, 9.17) is 22.1 Å². The Kier molecular flexibility index (Phi) is 6.78. The summed E-state index contributed by atoms with van der Waals surface area (Å²) in [7, 11) is 0. The van der Waals surface area contributed by atoms with Crippen LogP contribution in [0.5, 0.6) is 5.75 Å². The van der Waals surface area contributed by atoms with E-state index in [-0.39, 0.29) is 18.3 Å². The first-order valence-electron chi connectivity index (χ1n) is 6.93. The van der Waals surface area contributed by atoms with Gasteiger partial charge in [0, 0.05) is 18.1 Å². The van der Waals surface area contributed by atoms with Crippen LogP contribution < -0.4 is 10.5 Å². The molecule has 2 atom stereocenters. The second kappa shape index (κ2) is 7.87. The summed E-state index contributed by atoms with van der Waals surface area (Å²) >= 11 is 5.97. The van der Waals surface area contributed by atoms with E-state index in [1.807, 2.05) is 17.9 Å². The SMILES string of the molecule is Cc1cc(OC(C)C(=O)N2CCC(CN)C2)ccc1Cl.Cl. The van der Waals surface area contributed by atoms with Crippen LogP contribution in [0.1, 0.15) is 18.9 Å². The number of nitrogens with two attached hydrogens (primary N) is 1. The first kappa shape index (κ1) is 18.1.